The Labute approximate surface area is 161 Å². The summed E-state index contributed by atoms with van der Waals surface area (Å²) in [6, 6.07) is 7.38. The Morgan fingerprint density at radius 1 is 1.27 bits per heavy atom. The number of nitrogens with one attached hydrogen (secondary N) is 1. The number of rotatable bonds is 9. The molecular weight excluding hydrogens is 354 g/mol. The molecule has 1 heterocycles. The highest BCUT2D eigenvalue weighted by Crippen LogP contribution is 2.15. The SMILES string of the molecule is CN=C(NCCCOC1CCOCC1)N(C)CCOc1ccc(Cl)cc1. The molecule has 0 aliphatic carbocycles. The lowest BCUT2D eigenvalue weighted by Crippen LogP contribution is -2.41. The summed E-state index contributed by atoms with van der Waals surface area (Å²) in [6.45, 7) is 4.54. The number of benzene rings is 1. The van der Waals surface area contributed by atoms with Crippen LogP contribution in [0.5, 0.6) is 5.75 Å². The number of nitrogens with zero attached hydrogens (tertiary/aromatic N) is 2. The lowest BCUT2D eigenvalue weighted by Gasteiger charge is -2.23. The molecule has 0 amide bonds. The summed E-state index contributed by atoms with van der Waals surface area (Å²) < 4.78 is 16.9. The molecule has 7 heteroatoms. The van der Waals surface area contributed by atoms with Gasteiger partial charge < -0.3 is 24.4 Å². The zero-order chi connectivity index (χ0) is 18.6. The number of likely N-dealkylation sites (N-methyl/N-ethyl adjacent to an activating group) is 1. The van der Waals surface area contributed by atoms with Crippen LogP contribution in [0.3, 0.4) is 0 Å². The fraction of sp³-hybridized carbons (Fsp3) is 0.632. The van der Waals surface area contributed by atoms with Crippen molar-refractivity contribution in [2.24, 2.45) is 4.99 Å². The third kappa shape index (κ3) is 7.81. The van der Waals surface area contributed by atoms with Crippen molar-refractivity contribution in [2.45, 2.75) is 25.4 Å². The minimum atomic E-state index is 0.357. The Balaban J connectivity index is 1.57. The molecule has 0 unspecified atom stereocenters. The van der Waals surface area contributed by atoms with Gasteiger partial charge in [0.25, 0.3) is 0 Å². The van der Waals surface area contributed by atoms with E-state index in [0.717, 1.165) is 63.9 Å². The van der Waals surface area contributed by atoms with Crippen LogP contribution in [0.2, 0.25) is 5.02 Å². The van der Waals surface area contributed by atoms with Crippen LogP contribution in [0.25, 0.3) is 0 Å². The molecule has 1 aliphatic rings. The zero-order valence-electron chi connectivity index (χ0n) is 15.7. The molecule has 0 atom stereocenters. The van der Waals surface area contributed by atoms with Gasteiger partial charge in [0.2, 0.25) is 0 Å². The Morgan fingerprint density at radius 3 is 2.69 bits per heavy atom. The summed E-state index contributed by atoms with van der Waals surface area (Å²) in [6.07, 6.45) is 3.32. The highest BCUT2D eigenvalue weighted by Gasteiger charge is 2.13. The van der Waals surface area contributed by atoms with Crippen LogP contribution in [0.1, 0.15) is 19.3 Å². The first-order valence-corrected chi connectivity index (χ1v) is 9.56. The van der Waals surface area contributed by atoms with Gasteiger partial charge in [-0.15, -0.1) is 0 Å². The molecular formula is C19H30ClN3O3. The predicted octanol–water partition coefficient (Wildman–Crippen LogP) is 2.81. The summed E-state index contributed by atoms with van der Waals surface area (Å²) in [5.74, 6) is 1.67. The lowest BCUT2D eigenvalue weighted by molar-refractivity contribution is -0.0320. The number of guanidine groups is 1. The van der Waals surface area contributed by atoms with Gasteiger partial charge in [-0.1, -0.05) is 11.6 Å². The van der Waals surface area contributed by atoms with E-state index in [2.05, 4.69) is 15.2 Å². The molecule has 146 valence electrons. The lowest BCUT2D eigenvalue weighted by atomic mass is 10.1. The van der Waals surface area contributed by atoms with Crippen molar-refractivity contribution >= 4 is 17.6 Å². The maximum atomic E-state index is 5.88. The maximum Gasteiger partial charge on any atom is 0.193 e. The number of hydrogen-bond acceptors (Lipinski definition) is 4. The molecule has 0 radical (unpaired) electrons. The van der Waals surface area contributed by atoms with Gasteiger partial charge in [-0.25, -0.2) is 0 Å². The highest BCUT2D eigenvalue weighted by molar-refractivity contribution is 6.30. The van der Waals surface area contributed by atoms with Crippen molar-refractivity contribution in [2.75, 3.05) is 53.6 Å². The smallest absolute Gasteiger partial charge is 0.193 e. The average molecular weight is 384 g/mol. The largest absolute Gasteiger partial charge is 0.492 e. The molecule has 1 aromatic carbocycles. The van der Waals surface area contributed by atoms with Gasteiger partial charge in [0.05, 0.1) is 12.6 Å². The number of ether oxygens (including phenoxy) is 3. The van der Waals surface area contributed by atoms with Crippen LogP contribution in [0, 0.1) is 0 Å². The predicted molar refractivity (Wildman–Crippen MR) is 105 cm³/mol. The molecule has 0 saturated carbocycles. The summed E-state index contributed by atoms with van der Waals surface area (Å²) in [5.41, 5.74) is 0. The molecule has 0 bridgehead atoms. The van der Waals surface area contributed by atoms with Crippen LogP contribution in [0.15, 0.2) is 29.3 Å². The molecule has 0 spiro atoms. The van der Waals surface area contributed by atoms with E-state index in [1.807, 2.05) is 31.3 Å². The normalized spacial score (nSPS) is 15.7. The van der Waals surface area contributed by atoms with Crippen molar-refractivity contribution in [3.05, 3.63) is 29.3 Å². The van der Waals surface area contributed by atoms with E-state index in [1.165, 1.54) is 0 Å². The van der Waals surface area contributed by atoms with E-state index in [-0.39, 0.29) is 0 Å². The minimum absolute atomic E-state index is 0.357. The molecule has 2 rings (SSSR count). The molecule has 1 saturated heterocycles. The van der Waals surface area contributed by atoms with Crippen molar-refractivity contribution in [3.63, 3.8) is 0 Å². The number of hydrogen-bond donors (Lipinski definition) is 1. The third-order valence-electron chi connectivity index (χ3n) is 4.21. The Bertz CT molecular complexity index is 533. The van der Waals surface area contributed by atoms with Crippen molar-refractivity contribution in [3.8, 4) is 5.75 Å². The molecule has 26 heavy (non-hydrogen) atoms. The molecule has 1 fully saturated rings. The first kappa shape index (κ1) is 20.8. The Morgan fingerprint density at radius 2 is 2.00 bits per heavy atom. The quantitative estimate of drug-likeness (QED) is 0.403. The highest BCUT2D eigenvalue weighted by atomic mass is 35.5. The molecule has 1 aliphatic heterocycles. The Kier molecular flexibility index (Phi) is 9.60. The molecule has 0 aromatic heterocycles. The standard InChI is InChI=1S/C19H30ClN3O3/c1-21-19(22-10-3-12-25-18-8-13-24-14-9-18)23(2)11-15-26-17-6-4-16(20)5-7-17/h4-7,18H,3,8-15H2,1-2H3,(H,21,22). The van der Waals surface area contributed by atoms with Crippen molar-refractivity contribution in [1.82, 2.24) is 10.2 Å². The number of aliphatic imine (C=N–C) groups is 1. The number of halogens is 1. The minimum Gasteiger partial charge on any atom is -0.492 e. The Hall–Kier alpha value is -1.50. The monoisotopic (exact) mass is 383 g/mol. The third-order valence-corrected chi connectivity index (χ3v) is 4.46. The van der Waals surface area contributed by atoms with E-state index < -0.39 is 0 Å². The van der Waals surface area contributed by atoms with E-state index in [4.69, 9.17) is 25.8 Å². The van der Waals surface area contributed by atoms with Gasteiger partial charge in [-0.2, -0.15) is 0 Å². The van der Waals surface area contributed by atoms with Gasteiger partial charge in [-0.05, 0) is 43.5 Å². The second-order valence-corrected chi connectivity index (χ2v) is 6.67. The first-order chi connectivity index (χ1) is 12.7. The molecule has 1 aromatic rings. The first-order valence-electron chi connectivity index (χ1n) is 9.18. The van der Waals surface area contributed by atoms with Crippen molar-refractivity contribution in [1.29, 1.82) is 0 Å². The second kappa shape index (κ2) is 12.0. The maximum absolute atomic E-state index is 5.88. The van der Waals surface area contributed by atoms with Gasteiger partial charge >= 0.3 is 0 Å². The zero-order valence-corrected chi connectivity index (χ0v) is 16.5. The summed E-state index contributed by atoms with van der Waals surface area (Å²) in [5, 5.41) is 4.07. The van der Waals surface area contributed by atoms with E-state index in [1.54, 1.807) is 7.05 Å². The van der Waals surface area contributed by atoms with Gasteiger partial charge in [0.1, 0.15) is 12.4 Å². The van der Waals surface area contributed by atoms with Gasteiger partial charge in [0.15, 0.2) is 5.96 Å². The topological polar surface area (TPSA) is 55.3 Å². The van der Waals surface area contributed by atoms with Gasteiger partial charge in [-0.3, -0.25) is 4.99 Å². The van der Waals surface area contributed by atoms with Crippen LogP contribution >= 0.6 is 11.6 Å². The second-order valence-electron chi connectivity index (χ2n) is 6.23. The van der Waals surface area contributed by atoms with Crippen LogP contribution in [-0.4, -0.2) is 70.6 Å². The van der Waals surface area contributed by atoms with Crippen LogP contribution in [0.4, 0.5) is 0 Å². The van der Waals surface area contributed by atoms with E-state index >= 15 is 0 Å². The molecule has 1 N–H and O–H groups in total. The summed E-state index contributed by atoms with van der Waals surface area (Å²) >= 11 is 5.87. The van der Waals surface area contributed by atoms with Crippen molar-refractivity contribution < 1.29 is 14.2 Å². The average Bonchev–Trinajstić information content (AvgIpc) is 2.67. The fourth-order valence-electron chi connectivity index (χ4n) is 2.69. The van der Waals surface area contributed by atoms with E-state index in [0.29, 0.717) is 17.7 Å². The van der Waals surface area contributed by atoms with Crippen LogP contribution in [-0.2, 0) is 9.47 Å². The van der Waals surface area contributed by atoms with Gasteiger partial charge in [0, 0.05) is 45.5 Å². The molecule has 6 nitrogen and oxygen atoms in total. The summed E-state index contributed by atoms with van der Waals surface area (Å²) in [7, 11) is 3.79. The van der Waals surface area contributed by atoms with Crippen LogP contribution < -0.4 is 10.1 Å². The fourth-order valence-corrected chi connectivity index (χ4v) is 2.81. The summed E-state index contributed by atoms with van der Waals surface area (Å²) in [4.78, 5) is 6.36. The van der Waals surface area contributed by atoms with E-state index in [9.17, 15) is 0 Å².